The van der Waals surface area contributed by atoms with E-state index in [1.807, 2.05) is 18.5 Å². The van der Waals surface area contributed by atoms with Gasteiger partial charge in [-0.25, -0.2) is 4.68 Å². The molecule has 5 nitrogen and oxygen atoms in total. The van der Waals surface area contributed by atoms with Gasteiger partial charge in [0.2, 0.25) is 0 Å². The monoisotopic (exact) mass is 375 g/mol. The van der Waals surface area contributed by atoms with E-state index in [0.717, 1.165) is 50.6 Å². The van der Waals surface area contributed by atoms with Crippen LogP contribution in [0.15, 0.2) is 54.9 Å². The first-order valence-corrected chi connectivity index (χ1v) is 10.1. The van der Waals surface area contributed by atoms with Gasteiger partial charge < -0.3 is 0 Å². The highest BCUT2D eigenvalue weighted by atomic mass is 15.3. The summed E-state index contributed by atoms with van der Waals surface area (Å²) in [7, 11) is 0. The summed E-state index contributed by atoms with van der Waals surface area (Å²) >= 11 is 0. The largest absolute Gasteiger partial charge is 0.298 e. The second kappa shape index (κ2) is 8.67. The fraction of sp³-hybridized carbons (Fsp3) is 0.391. The average Bonchev–Trinajstić information content (AvgIpc) is 2.87. The maximum Gasteiger partial charge on any atom is 0.0648 e. The van der Waals surface area contributed by atoms with Crippen molar-refractivity contribution in [3.05, 3.63) is 77.4 Å². The van der Waals surface area contributed by atoms with Gasteiger partial charge in [0, 0.05) is 49.8 Å². The molecule has 4 rings (SSSR count). The molecule has 0 N–H and O–H groups in total. The summed E-state index contributed by atoms with van der Waals surface area (Å²) < 4.78 is 2.08. The summed E-state index contributed by atoms with van der Waals surface area (Å²) in [6.45, 7) is 10.8. The van der Waals surface area contributed by atoms with Crippen LogP contribution in [0.25, 0.3) is 5.69 Å². The highest BCUT2D eigenvalue weighted by molar-refractivity contribution is 5.36. The number of aryl methyl sites for hydroxylation is 1. The zero-order valence-corrected chi connectivity index (χ0v) is 16.9. The quantitative estimate of drug-likeness (QED) is 0.683. The predicted molar refractivity (Wildman–Crippen MR) is 112 cm³/mol. The second-order valence-electron chi connectivity index (χ2n) is 7.66. The van der Waals surface area contributed by atoms with Gasteiger partial charge in [0.25, 0.3) is 0 Å². The third-order valence-electron chi connectivity index (χ3n) is 5.66. The number of hydrogen-bond acceptors (Lipinski definition) is 4. The molecule has 0 aliphatic carbocycles. The molecule has 5 heteroatoms. The van der Waals surface area contributed by atoms with Crippen LogP contribution in [-0.2, 0) is 13.1 Å². The van der Waals surface area contributed by atoms with Gasteiger partial charge in [0.1, 0.15) is 0 Å². The molecule has 28 heavy (non-hydrogen) atoms. The van der Waals surface area contributed by atoms with E-state index in [1.165, 1.54) is 23.2 Å². The number of nitrogens with zero attached hydrogens (tertiary/aromatic N) is 5. The Morgan fingerprint density at radius 2 is 1.50 bits per heavy atom. The van der Waals surface area contributed by atoms with Crippen LogP contribution < -0.4 is 0 Å². The van der Waals surface area contributed by atoms with Crippen LogP contribution in [-0.4, -0.2) is 50.7 Å². The molecule has 146 valence electrons. The van der Waals surface area contributed by atoms with Gasteiger partial charge in [0.15, 0.2) is 0 Å². The van der Waals surface area contributed by atoms with Crippen molar-refractivity contribution in [3.8, 4) is 5.69 Å². The number of aromatic nitrogens is 3. The van der Waals surface area contributed by atoms with Crippen LogP contribution in [0.2, 0.25) is 0 Å². The Bertz CT molecular complexity index is 888. The molecule has 1 fully saturated rings. The highest BCUT2D eigenvalue weighted by Gasteiger charge is 2.19. The molecule has 2 aromatic heterocycles. The average molecular weight is 376 g/mol. The fourth-order valence-corrected chi connectivity index (χ4v) is 4.04. The lowest BCUT2D eigenvalue weighted by molar-refractivity contribution is 0.246. The summed E-state index contributed by atoms with van der Waals surface area (Å²) in [4.78, 5) is 9.26. The summed E-state index contributed by atoms with van der Waals surface area (Å²) in [5, 5.41) is 4.81. The first-order valence-electron chi connectivity index (χ1n) is 10.1. The number of rotatable bonds is 5. The van der Waals surface area contributed by atoms with Crippen LogP contribution in [0.4, 0.5) is 0 Å². The smallest absolute Gasteiger partial charge is 0.0648 e. The Labute approximate surface area is 167 Å². The number of hydrogen-bond donors (Lipinski definition) is 0. The Balaban J connectivity index is 1.42. The van der Waals surface area contributed by atoms with Gasteiger partial charge in [-0.2, -0.15) is 5.10 Å². The Morgan fingerprint density at radius 1 is 0.821 bits per heavy atom. The van der Waals surface area contributed by atoms with E-state index in [-0.39, 0.29) is 0 Å². The maximum atomic E-state index is 4.81. The first-order chi connectivity index (χ1) is 13.7. The van der Waals surface area contributed by atoms with Gasteiger partial charge in [-0.1, -0.05) is 18.2 Å². The van der Waals surface area contributed by atoms with E-state index in [2.05, 4.69) is 69.7 Å². The molecule has 3 aromatic rings. The van der Waals surface area contributed by atoms with E-state index in [9.17, 15) is 0 Å². The summed E-state index contributed by atoms with van der Waals surface area (Å²) in [6.07, 6.45) is 4.97. The Kier molecular flexibility index (Phi) is 5.84. The molecule has 0 unspecified atom stereocenters. The van der Waals surface area contributed by atoms with Crippen molar-refractivity contribution in [1.29, 1.82) is 0 Å². The van der Waals surface area contributed by atoms with Crippen molar-refractivity contribution in [2.24, 2.45) is 0 Å². The third kappa shape index (κ3) is 4.32. The van der Waals surface area contributed by atoms with E-state index < -0.39 is 0 Å². The summed E-state index contributed by atoms with van der Waals surface area (Å²) in [6, 6.07) is 14.7. The predicted octanol–water partition coefficient (Wildman–Crippen LogP) is 3.59. The van der Waals surface area contributed by atoms with Crippen molar-refractivity contribution in [2.45, 2.75) is 33.4 Å². The molecule has 0 atom stereocenters. The van der Waals surface area contributed by atoms with Crippen molar-refractivity contribution in [3.63, 3.8) is 0 Å². The third-order valence-corrected chi connectivity index (χ3v) is 5.66. The summed E-state index contributed by atoms with van der Waals surface area (Å²) in [5.41, 5.74) is 6.24. The molecular weight excluding hydrogens is 346 g/mol. The maximum absolute atomic E-state index is 4.81. The van der Waals surface area contributed by atoms with Crippen LogP contribution in [0.5, 0.6) is 0 Å². The van der Waals surface area contributed by atoms with Gasteiger partial charge in [-0.15, -0.1) is 0 Å². The van der Waals surface area contributed by atoms with Crippen molar-refractivity contribution >= 4 is 0 Å². The summed E-state index contributed by atoms with van der Waals surface area (Å²) in [5.74, 6) is 0. The molecule has 1 aliphatic rings. The van der Waals surface area contributed by atoms with E-state index >= 15 is 0 Å². The van der Waals surface area contributed by atoms with Gasteiger partial charge in [-0.3, -0.25) is 14.8 Å². The zero-order chi connectivity index (χ0) is 19.3. The lowest BCUT2D eigenvalue weighted by atomic mass is 10.1. The number of pyridine rings is 1. The lowest BCUT2D eigenvalue weighted by Gasteiger charge is -2.22. The molecule has 1 aromatic carbocycles. The Morgan fingerprint density at radius 3 is 2.21 bits per heavy atom. The normalized spacial score (nSPS) is 16.2. The molecule has 3 heterocycles. The van der Waals surface area contributed by atoms with Gasteiger partial charge >= 0.3 is 0 Å². The SMILES string of the molecule is Cc1nn(-c2ccccc2)c(C)c1CN1CCCN(Cc2ccncc2)CC1. The Hall–Kier alpha value is -2.50. The standard InChI is InChI=1S/C23H29N5/c1-19-23(20(2)28(25-19)22-7-4-3-5-8-22)18-27-14-6-13-26(15-16-27)17-21-9-11-24-12-10-21/h3-5,7-12H,6,13-18H2,1-2H3. The van der Waals surface area contributed by atoms with Crippen LogP contribution >= 0.6 is 0 Å². The van der Waals surface area contributed by atoms with Crippen LogP contribution in [0.1, 0.15) is 28.9 Å². The molecule has 0 spiro atoms. The molecular formula is C23H29N5. The molecule has 0 amide bonds. The van der Waals surface area contributed by atoms with Crippen LogP contribution in [0.3, 0.4) is 0 Å². The first kappa shape index (κ1) is 18.8. The van der Waals surface area contributed by atoms with Crippen molar-refractivity contribution in [2.75, 3.05) is 26.2 Å². The number of benzene rings is 1. The zero-order valence-electron chi connectivity index (χ0n) is 16.9. The molecule has 1 aliphatic heterocycles. The highest BCUT2D eigenvalue weighted by Crippen LogP contribution is 2.20. The van der Waals surface area contributed by atoms with Crippen molar-refractivity contribution < 1.29 is 0 Å². The fourth-order valence-electron chi connectivity index (χ4n) is 4.04. The molecule has 0 bridgehead atoms. The lowest BCUT2D eigenvalue weighted by Crippen LogP contribution is -2.30. The molecule has 1 saturated heterocycles. The van der Waals surface area contributed by atoms with E-state index in [0.29, 0.717) is 0 Å². The minimum atomic E-state index is 0.980. The van der Waals surface area contributed by atoms with E-state index in [1.54, 1.807) is 0 Å². The molecule has 0 saturated carbocycles. The molecule has 0 radical (unpaired) electrons. The minimum Gasteiger partial charge on any atom is -0.298 e. The van der Waals surface area contributed by atoms with E-state index in [4.69, 9.17) is 5.10 Å². The van der Waals surface area contributed by atoms with Gasteiger partial charge in [0.05, 0.1) is 11.4 Å². The van der Waals surface area contributed by atoms with Gasteiger partial charge in [-0.05, 0) is 63.2 Å². The second-order valence-corrected chi connectivity index (χ2v) is 7.66. The van der Waals surface area contributed by atoms with Crippen LogP contribution in [0, 0.1) is 13.8 Å². The van der Waals surface area contributed by atoms with Crippen molar-refractivity contribution in [1.82, 2.24) is 24.6 Å². The minimum absolute atomic E-state index is 0.980. The topological polar surface area (TPSA) is 37.2 Å². The number of para-hydroxylation sites is 1.